The molecule has 0 saturated carbocycles. The summed E-state index contributed by atoms with van der Waals surface area (Å²) in [4.78, 5) is 0. The summed E-state index contributed by atoms with van der Waals surface area (Å²) in [5.41, 5.74) is 4.25. The van der Waals surface area contributed by atoms with E-state index in [1.807, 2.05) is 0 Å². The van der Waals surface area contributed by atoms with Crippen LogP contribution in [0.4, 0.5) is 0 Å². The first-order valence-corrected chi connectivity index (χ1v) is 1.69. The van der Waals surface area contributed by atoms with E-state index in [9.17, 15) is 0 Å². The van der Waals surface area contributed by atoms with Gasteiger partial charge in [0.25, 0.3) is 0 Å². The standard InChI is InChI=1S/C3H4N4O/c4-1-2(5)3(6)7-8/h5,8H,(H2,6,7). The smallest absolute Gasteiger partial charge is 0.198 e. The fourth-order valence-electron chi connectivity index (χ4n) is 0.107. The number of hydrogen-bond donors (Lipinski definition) is 3. The molecule has 5 heteroatoms. The van der Waals surface area contributed by atoms with Crippen LogP contribution in [0.1, 0.15) is 0 Å². The quantitative estimate of drug-likeness (QED) is 0.180. The van der Waals surface area contributed by atoms with E-state index in [1.54, 1.807) is 0 Å². The lowest BCUT2D eigenvalue weighted by atomic mass is 10.4. The van der Waals surface area contributed by atoms with Crippen molar-refractivity contribution in [2.75, 3.05) is 0 Å². The third-order valence-electron chi connectivity index (χ3n) is 0.476. The van der Waals surface area contributed by atoms with Crippen LogP contribution in [0.15, 0.2) is 5.16 Å². The van der Waals surface area contributed by atoms with Gasteiger partial charge in [0.05, 0.1) is 0 Å². The molecule has 0 unspecified atom stereocenters. The predicted molar refractivity (Wildman–Crippen MR) is 26.7 cm³/mol. The molecule has 0 atom stereocenters. The van der Waals surface area contributed by atoms with Crippen molar-refractivity contribution in [3.05, 3.63) is 0 Å². The summed E-state index contributed by atoms with van der Waals surface area (Å²) in [5.74, 6) is -0.465. The molecule has 0 aliphatic rings. The molecule has 0 aliphatic heterocycles. The first-order valence-electron chi connectivity index (χ1n) is 1.69. The van der Waals surface area contributed by atoms with Gasteiger partial charge in [-0.2, -0.15) is 5.26 Å². The molecule has 5 nitrogen and oxygen atoms in total. The van der Waals surface area contributed by atoms with Crippen molar-refractivity contribution >= 4 is 11.5 Å². The Morgan fingerprint density at radius 2 is 2.38 bits per heavy atom. The molecule has 0 aromatic heterocycles. The molecule has 4 N–H and O–H groups in total. The van der Waals surface area contributed by atoms with Crippen molar-refractivity contribution in [2.24, 2.45) is 10.9 Å². The number of nitrogens with two attached hydrogens (primary N) is 1. The first kappa shape index (κ1) is 6.43. The minimum absolute atomic E-state index is 0.465. The Morgan fingerprint density at radius 3 is 2.50 bits per heavy atom. The van der Waals surface area contributed by atoms with Crippen molar-refractivity contribution in [1.29, 1.82) is 10.7 Å². The molecule has 0 aromatic carbocycles. The van der Waals surface area contributed by atoms with Crippen LogP contribution in [0, 0.1) is 16.7 Å². The molecule has 0 aliphatic carbocycles. The fourth-order valence-corrected chi connectivity index (χ4v) is 0.107. The molecule has 42 valence electrons. The van der Waals surface area contributed by atoms with E-state index in [1.165, 1.54) is 6.07 Å². The van der Waals surface area contributed by atoms with E-state index in [-0.39, 0.29) is 0 Å². The lowest BCUT2D eigenvalue weighted by Crippen LogP contribution is -2.21. The Balaban J connectivity index is 4.10. The SMILES string of the molecule is N#CC(=N)/C(N)=N\O. The third-order valence-corrected chi connectivity index (χ3v) is 0.476. The molecule has 0 aromatic rings. The average molecular weight is 112 g/mol. The van der Waals surface area contributed by atoms with Crippen LogP contribution in [-0.2, 0) is 0 Å². The van der Waals surface area contributed by atoms with Gasteiger partial charge in [-0.1, -0.05) is 5.16 Å². The highest BCUT2D eigenvalue weighted by Gasteiger charge is 1.97. The monoisotopic (exact) mass is 112 g/mol. The largest absolute Gasteiger partial charge is 0.409 e. The van der Waals surface area contributed by atoms with Gasteiger partial charge in [0.15, 0.2) is 11.5 Å². The van der Waals surface area contributed by atoms with Crippen LogP contribution in [0.3, 0.4) is 0 Å². The Labute approximate surface area is 45.5 Å². The molecule has 8 heavy (non-hydrogen) atoms. The van der Waals surface area contributed by atoms with Crippen LogP contribution in [-0.4, -0.2) is 16.8 Å². The van der Waals surface area contributed by atoms with Crippen molar-refractivity contribution < 1.29 is 5.21 Å². The maximum atomic E-state index is 7.89. The van der Waals surface area contributed by atoms with E-state index >= 15 is 0 Å². The number of amidine groups is 1. The van der Waals surface area contributed by atoms with Crippen molar-refractivity contribution in [2.45, 2.75) is 0 Å². The minimum Gasteiger partial charge on any atom is -0.409 e. The van der Waals surface area contributed by atoms with Gasteiger partial charge in [-0.3, -0.25) is 5.41 Å². The Morgan fingerprint density at radius 1 is 1.88 bits per heavy atom. The number of nitrogens with zero attached hydrogens (tertiary/aromatic N) is 2. The zero-order valence-electron chi connectivity index (χ0n) is 3.92. The first-order chi connectivity index (χ1) is 3.72. The summed E-state index contributed by atoms with van der Waals surface area (Å²) in [7, 11) is 0. The molecule has 0 spiro atoms. The van der Waals surface area contributed by atoms with Crippen LogP contribution >= 0.6 is 0 Å². The van der Waals surface area contributed by atoms with Crippen LogP contribution in [0.25, 0.3) is 0 Å². The minimum atomic E-state index is -0.535. The number of rotatable bonds is 1. The zero-order valence-corrected chi connectivity index (χ0v) is 3.92. The lowest BCUT2D eigenvalue weighted by molar-refractivity contribution is 0.319. The van der Waals surface area contributed by atoms with E-state index in [0.29, 0.717) is 0 Å². The highest BCUT2D eigenvalue weighted by atomic mass is 16.4. The third kappa shape index (κ3) is 1.26. The Kier molecular flexibility index (Phi) is 2.07. The molecule has 0 saturated heterocycles. The summed E-state index contributed by atoms with van der Waals surface area (Å²) in [5, 5.41) is 24.7. The van der Waals surface area contributed by atoms with Gasteiger partial charge >= 0.3 is 0 Å². The van der Waals surface area contributed by atoms with E-state index in [2.05, 4.69) is 5.16 Å². The van der Waals surface area contributed by atoms with Gasteiger partial charge in [-0.15, -0.1) is 0 Å². The maximum Gasteiger partial charge on any atom is 0.198 e. The summed E-state index contributed by atoms with van der Waals surface area (Å²) in [6, 6.07) is 1.38. The molecule has 0 radical (unpaired) electrons. The van der Waals surface area contributed by atoms with Crippen LogP contribution < -0.4 is 5.73 Å². The second-order valence-corrected chi connectivity index (χ2v) is 0.972. The molecule has 0 bridgehead atoms. The van der Waals surface area contributed by atoms with E-state index < -0.39 is 11.5 Å². The van der Waals surface area contributed by atoms with Crippen molar-refractivity contribution in [3.63, 3.8) is 0 Å². The summed E-state index contributed by atoms with van der Waals surface area (Å²) in [6.07, 6.45) is 0. The number of nitriles is 1. The normalized spacial score (nSPS) is 10.1. The molecular weight excluding hydrogens is 108 g/mol. The topological polar surface area (TPSA) is 106 Å². The Hall–Kier alpha value is -1.57. The summed E-state index contributed by atoms with van der Waals surface area (Å²) >= 11 is 0. The van der Waals surface area contributed by atoms with Gasteiger partial charge in [-0.25, -0.2) is 0 Å². The summed E-state index contributed by atoms with van der Waals surface area (Å²) in [6.45, 7) is 0. The highest BCUT2D eigenvalue weighted by molar-refractivity contribution is 6.45. The number of hydrogen-bond acceptors (Lipinski definition) is 4. The van der Waals surface area contributed by atoms with E-state index in [0.717, 1.165) is 0 Å². The maximum absolute atomic E-state index is 7.89. The fraction of sp³-hybridized carbons (Fsp3) is 0. The second-order valence-electron chi connectivity index (χ2n) is 0.972. The molecule has 0 heterocycles. The lowest BCUT2D eigenvalue weighted by Gasteiger charge is -1.84. The van der Waals surface area contributed by atoms with Gasteiger partial charge in [-0.05, 0) is 0 Å². The Bertz CT molecular complexity index is 165. The average Bonchev–Trinajstić information content (AvgIpc) is 1.84. The van der Waals surface area contributed by atoms with E-state index in [4.69, 9.17) is 21.6 Å². The summed E-state index contributed by atoms with van der Waals surface area (Å²) < 4.78 is 0. The van der Waals surface area contributed by atoms with Crippen LogP contribution in [0.5, 0.6) is 0 Å². The van der Waals surface area contributed by atoms with Crippen LogP contribution in [0.2, 0.25) is 0 Å². The molecule has 0 amide bonds. The van der Waals surface area contributed by atoms with Crippen molar-refractivity contribution in [3.8, 4) is 6.07 Å². The second kappa shape index (κ2) is 2.58. The van der Waals surface area contributed by atoms with Crippen molar-refractivity contribution in [1.82, 2.24) is 0 Å². The zero-order chi connectivity index (χ0) is 6.57. The van der Waals surface area contributed by atoms with Gasteiger partial charge in [0.2, 0.25) is 0 Å². The van der Waals surface area contributed by atoms with Gasteiger partial charge in [0, 0.05) is 0 Å². The van der Waals surface area contributed by atoms with Gasteiger partial charge < -0.3 is 10.9 Å². The number of nitrogens with one attached hydrogen (secondary N) is 1. The predicted octanol–water partition coefficient (Wildman–Crippen LogP) is -0.724. The van der Waals surface area contributed by atoms with Gasteiger partial charge in [0.1, 0.15) is 6.07 Å². The highest BCUT2D eigenvalue weighted by Crippen LogP contribution is 1.67. The molecule has 0 rings (SSSR count). The molecular formula is C3H4N4O. The number of oxime groups is 1. The molecule has 0 fully saturated rings.